The molecule has 0 radical (unpaired) electrons. The summed E-state index contributed by atoms with van der Waals surface area (Å²) in [4.78, 5) is 9.26. The molecule has 0 aromatic carbocycles. The highest BCUT2D eigenvalue weighted by atomic mass is 15.1. The maximum Gasteiger partial charge on any atom is 0.136 e. The molecule has 0 amide bonds. The Labute approximate surface area is 116 Å². The first-order valence-corrected chi connectivity index (χ1v) is 7.34. The van der Waals surface area contributed by atoms with Crippen molar-refractivity contribution in [3.63, 3.8) is 0 Å². The largest absolute Gasteiger partial charge is 0.370 e. The molecule has 2 N–H and O–H groups in total. The molecule has 4 nitrogen and oxygen atoms in total. The fourth-order valence-corrected chi connectivity index (χ4v) is 1.78. The minimum absolute atomic E-state index is 0.252. The Hall–Kier alpha value is -1.32. The molecule has 0 saturated heterocycles. The van der Waals surface area contributed by atoms with Gasteiger partial charge in [0.05, 0.1) is 0 Å². The number of nitrogens with one attached hydrogen (secondary N) is 2. The van der Waals surface area contributed by atoms with Gasteiger partial charge in [-0.3, -0.25) is 0 Å². The summed E-state index contributed by atoms with van der Waals surface area (Å²) in [5.41, 5.74) is 0.252. The van der Waals surface area contributed by atoms with Crippen LogP contribution in [0.1, 0.15) is 58.7 Å². The van der Waals surface area contributed by atoms with Crippen molar-refractivity contribution >= 4 is 11.6 Å². The highest BCUT2D eigenvalue weighted by molar-refractivity contribution is 5.48. The van der Waals surface area contributed by atoms with Crippen LogP contribution in [0.4, 0.5) is 11.6 Å². The number of aromatic nitrogens is 2. The van der Waals surface area contributed by atoms with Gasteiger partial charge in [0.15, 0.2) is 0 Å². The first kappa shape index (κ1) is 14.1. The highest BCUT2D eigenvalue weighted by Crippen LogP contribution is 2.38. The van der Waals surface area contributed by atoms with E-state index in [9.17, 15) is 0 Å². The van der Waals surface area contributed by atoms with Crippen molar-refractivity contribution in [3.05, 3.63) is 11.9 Å². The molecule has 106 valence electrons. The van der Waals surface area contributed by atoms with Crippen LogP contribution < -0.4 is 10.6 Å². The lowest BCUT2D eigenvalue weighted by atomic mass is 9.97. The molecular formula is C15H26N4. The van der Waals surface area contributed by atoms with Crippen molar-refractivity contribution in [1.82, 2.24) is 9.97 Å². The quantitative estimate of drug-likeness (QED) is 0.822. The SMILES string of the molecule is CCCNc1cc(NCC(C)(C)C)nc(C2CC2)n1. The third-order valence-corrected chi connectivity index (χ3v) is 3.04. The zero-order valence-electron chi connectivity index (χ0n) is 12.6. The third kappa shape index (κ3) is 4.69. The van der Waals surface area contributed by atoms with Crippen LogP contribution >= 0.6 is 0 Å². The predicted octanol–water partition coefficient (Wildman–Crippen LogP) is 3.63. The van der Waals surface area contributed by atoms with Crippen molar-refractivity contribution < 1.29 is 0 Å². The Kier molecular flexibility index (Phi) is 4.27. The van der Waals surface area contributed by atoms with Gasteiger partial charge in [-0.25, -0.2) is 9.97 Å². The normalized spacial score (nSPS) is 15.4. The van der Waals surface area contributed by atoms with Gasteiger partial charge in [-0.2, -0.15) is 0 Å². The van der Waals surface area contributed by atoms with Crippen LogP contribution in [0.15, 0.2) is 6.07 Å². The minimum Gasteiger partial charge on any atom is -0.370 e. The first-order chi connectivity index (χ1) is 8.98. The summed E-state index contributed by atoms with van der Waals surface area (Å²) in [6.45, 7) is 10.7. The molecule has 0 aliphatic heterocycles. The monoisotopic (exact) mass is 262 g/mol. The topological polar surface area (TPSA) is 49.8 Å². The van der Waals surface area contributed by atoms with Crippen LogP contribution in [0.25, 0.3) is 0 Å². The van der Waals surface area contributed by atoms with Crippen LogP contribution in [0.3, 0.4) is 0 Å². The maximum atomic E-state index is 4.64. The molecular weight excluding hydrogens is 236 g/mol. The average molecular weight is 262 g/mol. The van der Waals surface area contributed by atoms with E-state index >= 15 is 0 Å². The predicted molar refractivity (Wildman–Crippen MR) is 80.7 cm³/mol. The van der Waals surface area contributed by atoms with Crippen LogP contribution in [-0.4, -0.2) is 23.1 Å². The summed E-state index contributed by atoms with van der Waals surface area (Å²) in [5.74, 6) is 3.48. The van der Waals surface area contributed by atoms with E-state index in [-0.39, 0.29) is 5.41 Å². The van der Waals surface area contributed by atoms with Gasteiger partial charge in [0, 0.05) is 25.1 Å². The Morgan fingerprint density at radius 1 is 1.16 bits per heavy atom. The minimum atomic E-state index is 0.252. The van der Waals surface area contributed by atoms with Crippen LogP contribution in [-0.2, 0) is 0 Å². The summed E-state index contributed by atoms with van der Waals surface area (Å²) < 4.78 is 0. The molecule has 1 aromatic heterocycles. The Balaban J connectivity index is 2.09. The second-order valence-corrected chi connectivity index (χ2v) is 6.61. The smallest absolute Gasteiger partial charge is 0.136 e. The molecule has 1 aliphatic carbocycles. The zero-order chi connectivity index (χ0) is 13.9. The van der Waals surface area contributed by atoms with Crippen molar-refractivity contribution in [2.75, 3.05) is 23.7 Å². The molecule has 1 aromatic rings. The van der Waals surface area contributed by atoms with Gasteiger partial charge in [0.2, 0.25) is 0 Å². The maximum absolute atomic E-state index is 4.64. The van der Waals surface area contributed by atoms with Crippen molar-refractivity contribution in [2.45, 2.75) is 52.9 Å². The van der Waals surface area contributed by atoms with E-state index in [1.165, 1.54) is 12.8 Å². The average Bonchev–Trinajstić information content (AvgIpc) is 3.17. The van der Waals surface area contributed by atoms with E-state index in [0.29, 0.717) is 5.92 Å². The highest BCUT2D eigenvalue weighted by Gasteiger charge is 2.27. The van der Waals surface area contributed by atoms with Crippen molar-refractivity contribution in [2.24, 2.45) is 5.41 Å². The lowest BCUT2D eigenvalue weighted by molar-refractivity contribution is 0.442. The lowest BCUT2D eigenvalue weighted by Gasteiger charge is -2.19. The standard InChI is InChI=1S/C15H26N4/c1-5-8-16-12-9-13(17-10-15(2,3)4)19-14(18-12)11-6-7-11/h9,11H,5-8,10H2,1-4H3,(H2,16,17,18,19). The zero-order valence-corrected chi connectivity index (χ0v) is 12.6. The third-order valence-electron chi connectivity index (χ3n) is 3.04. The van der Waals surface area contributed by atoms with Gasteiger partial charge in [-0.1, -0.05) is 27.7 Å². The fourth-order valence-electron chi connectivity index (χ4n) is 1.78. The number of nitrogens with zero attached hydrogens (tertiary/aromatic N) is 2. The second kappa shape index (κ2) is 5.76. The molecule has 1 aliphatic rings. The van der Waals surface area contributed by atoms with E-state index in [0.717, 1.165) is 37.0 Å². The molecule has 0 bridgehead atoms. The van der Waals surface area contributed by atoms with Crippen LogP contribution in [0.5, 0.6) is 0 Å². The van der Waals surface area contributed by atoms with Crippen molar-refractivity contribution in [3.8, 4) is 0 Å². The Bertz CT molecular complexity index is 419. The molecule has 1 saturated carbocycles. The Morgan fingerprint density at radius 3 is 2.32 bits per heavy atom. The van der Waals surface area contributed by atoms with Gasteiger partial charge in [-0.15, -0.1) is 0 Å². The van der Waals surface area contributed by atoms with Crippen LogP contribution in [0.2, 0.25) is 0 Å². The van der Waals surface area contributed by atoms with E-state index in [4.69, 9.17) is 0 Å². The molecule has 2 rings (SSSR count). The van der Waals surface area contributed by atoms with E-state index in [1.54, 1.807) is 0 Å². The van der Waals surface area contributed by atoms with E-state index in [2.05, 4.69) is 48.3 Å². The molecule has 19 heavy (non-hydrogen) atoms. The molecule has 0 spiro atoms. The van der Waals surface area contributed by atoms with Gasteiger partial charge in [-0.05, 0) is 24.7 Å². The number of hydrogen-bond donors (Lipinski definition) is 2. The Morgan fingerprint density at radius 2 is 1.79 bits per heavy atom. The van der Waals surface area contributed by atoms with Gasteiger partial charge in [0.25, 0.3) is 0 Å². The molecule has 0 unspecified atom stereocenters. The summed E-state index contributed by atoms with van der Waals surface area (Å²) in [6.07, 6.45) is 3.57. The van der Waals surface area contributed by atoms with Gasteiger partial charge < -0.3 is 10.6 Å². The molecule has 0 atom stereocenters. The summed E-state index contributed by atoms with van der Waals surface area (Å²) in [5, 5.41) is 6.80. The van der Waals surface area contributed by atoms with Gasteiger partial charge in [0.1, 0.15) is 17.5 Å². The summed E-state index contributed by atoms with van der Waals surface area (Å²) in [7, 11) is 0. The van der Waals surface area contributed by atoms with Crippen molar-refractivity contribution in [1.29, 1.82) is 0 Å². The number of rotatable bonds is 6. The summed E-state index contributed by atoms with van der Waals surface area (Å²) >= 11 is 0. The van der Waals surface area contributed by atoms with Crippen LogP contribution in [0, 0.1) is 5.41 Å². The lowest BCUT2D eigenvalue weighted by Crippen LogP contribution is -2.20. The van der Waals surface area contributed by atoms with E-state index in [1.807, 2.05) is 6.07 Å². The van der Waals surface area contributed by atoms with Gasteiger partial charge >= 0.3 is 0 Å². The number of hydrogen-bond acceptors (Lipinski definition) is 4. The summed E-state index contributed by atoms with van der Waals surface area (Å²) in [6, 6.07) is 2.02. The molecule has 1 heterocycles. The van der Waals surface area contributed by atoms with E-state index < -0.39 is 0 Å². The second-order valence-electron chi connectivity index (χ2n) is 6.61. The number of anilines is 2. The fraction of sp³-hybridized carbons (Fsp3) is 0.733. The molecule has 1 fully saturated rings. The molecule has 4 heteroatoms. The first-order valence-electron chi connectivity index (χ1n) is 7.34.